The standard InChI is InChI=1S/C15H11ClF2O2/c1-20-14-7-3-6-12(18)15(14)13(19)8-9-10(16)4-2-5-11(9)17/h2-7H,8H2,1H3. The number of methoxy groups -OCH3 is 1. The lowest BCUT2D eigenvalue weighted by Crippen LogP contribution is -2.10. The second-order valence-corrected chi connectivity index (χ2v) is 4.52. The van der Waals surface area contributed by atoms with Crippen LogP contribution in [-0.2, 0) is 6.42 Å². The smallest absolute Gasteiger partial charge is 0.174 e. The Labute approximate surface area is 119 Å². The molecule has 0 aliphatic rings. The number of benzene rings is 2. The van der Waals surface area contributed by atoms with Crippen molar-refractivity contribution in [3.05, 3.63) is 64.2 Å². The minimum Gasteiger partial charge on any atom is -0.496 e. The summed E-state index contributed by atoms with van der Waals surface area (Å²) >= 11 is 5.86. The lowest BCUT2D eigenvalue weighted by Gasteiger charge is -2.09. The molecule has 0 N–H and O–H groups in total. The van der Waals surface area contributed by atoms with Gasteiger partial charge >= 0.3 is 0 Å². The number of hydrogen-bond acceptors (Lipinski definition) is 2. The maximum Gasteiger partial charge on any atom is 0.174 e. The lowest BCUT2D eigenvalue weighted by atomic mass is 10.0. The van der Waals surface area contributed by atoms with E-state index in [2.05, 4.69) is 0 Å². The predicted octanol–water partition coefficient (Wildman–Crippen LogP) is 4.05. The van der Waals surface area contributed by atoms with Crippen molar-refractivity contribution >= 4 is 17.4 Å². The van der Waals surface area contributed by atoms with Crippen molar-refractivity contribution in [3.8, 4) is 5.75 Å². The molecule has 0 aromatic heterocycles. The molecule has 0 spiro atoms. The van der Waals surface area contributed by atoms with Crippen LogP contribution in [-0.4, -0.2) is 12.9 Å². The second kappa shape index (κ2) is 6.01. The molecule has 2 nitrogen and oxygen atoms in total. The summed E-state index contributed by atoms with van der Waals surface area (Å²) in [5.74, 6) is -1.78. The topological polar surface area (TPSA) is 26.3 Å². The van der Waals surface area contributed by atoms with Crippen molar-refractivity contribution in [1.29, 1.82) is 0 Å². The Morgan fingerprint density at radius 3 is 2.45 bits per heavy atom. The summed E-state index contributed by atoms with van der Waals surface area (Å²) in [6.07, 6.45) is -0.331. The number of halogens is 3. The first-order valence-electron chi connectivity index (χ1n) is 5.83. The molecule has 0 aliphatic carbocycles. The molecule has 0 fully saturated rings. The average Bonchev–Trinajstić information content (AvgIpc) is 2.42. The molecule has 0 bridgehead atoms. The number of ketones is 1. The molecular formula is C15H11ClF2O2. The van der Waals surface area contributed by atoms with Gasteiger partial charge in [-0.2, -0.15) is 0 Å². The van der Waals surface area contributed by atoms with Crippen LogP contribution >= 0.6 is 11.6 Å². The van der Waals surface area contributed by atoms with Gasteiger partial charge in [0.05, 0.1) is 12.7 Å². The number of carbonyl (C=O) groups excluding carboxylic acids is 1. The summed E-state index contributed by atoms with van der Waals surface area (Å²) in [4.78, 5) is 12.2. The Balaban J connectivity index is 2.39. The van der Waals surface area contributed by atoms with E-state index in [-0.39, 0.29) is 28.3 Å². The Bertz CT molecular complexity index is 636. The molecule has 2 aromatic carbocycles. The van der Waals surface area contributed by atoms with Crippen molar-refractivity contribution in [2.45, 2.75) is 6.42 Å². The van der Waals surface area contributed by atoms with Crippen molar-refractivity contribution < 1.29 is 18.3 Å². The van der Waals surface area contributed by atoms with Crippen molar-refractivity contribution in [1.82, 2.24) is 0 Å². The Morgan fingerprint density at radius 1 is 1.15 bits per heavy atom. The van der Waals surface area contributed by atoms with Gasteiger partial charge in [0, 0.05) is 17.0 Å². The Hall–Kier alpha value is -1.94. The molecule has 0 saturated carbocycles. The van der Waals surface area contributed by atoms with Crippen LogP contribution in [0.2, 0.25) is 5.02 Å². The highest BCUT2D eigenvalue weighted by molar-refractivity contribution is 6.31. The SMILES string of the molecule is COc1cccc(F)c1C(=O)Cc1c(F)cccc1Cl. The summed E-state index contributed by atoms with van der Waals surface area (Å²) in [5.41, 5.74) is -0.154. The summed E-state index contributed by atoms with van der Waals surface area (Å²) < 4.78 is 32.4. The van der Waals surface area contributed by atoms with Crippen LogP contribution in [0, 0.1) is 11.6 Å². The summed E-state index contributed by atoms with van der Waals surface area (Å²) in [6, 6.07) is 8.17. The molecule has 0 saturated heterocycles. The molecule has 2 aromatic rings. The van der Waals surface area contributed by atoms with Crippen molar-refractivity contribution in [3.63, 3.8) is 0 Å². The summed E-state index contributed by atoms with van der Waals surface area (Å²) in [7, 11) is 1.33. The van der Waals surface area contributed by atoms with Gasteiger partial charge in [-0.25, -0.2) is 8.78 Å². The van der Waals surface area contributed by atoms with Gasteiger partial charge in [-0.3, -0.25) is 4.79 Å². The fraction of sp³-hybridized carbons (Fsp3) is 0.133. The zero-order chi connectivity index (χ0) is 14.7. The molecule has 0 heterocycles. The number of hydrogen-bond donors (Lipinski definition) is 0. The first-order valence-corrected chi connectivity index (χ1v) is 6.21. The van der Waals surface area contributed by atoms with Crippen LogP contribution in [0.3, 0.4) is 0 Å². The van der Waals surface area contributed by atoms with Crippen LogP contribution in [0.25, 0.3) is 0 Å². The number of rotatable bonds is 4. The van der Waals surface area contributed by atoms with E-state index in [9.17, 15) is 13.6 Å². The van der Waals surface area contributed by atoms with Crippen LogP contribution in [0.1, 0.15) is 15.9 Å². The van der Waals surface area contributed by atoms with Gasteiger partial charge in [0.25, 0.3) is 0 Å². The maximum atomic E-state index is 13.8. The third-order valence-corrected chi connectivity index (χ3v) is 3.23. The first-order chi connectivity index (χ1) is 9.54. The van der Waals surface area contributed by atoms with Crippen molar-refractivity contribution in [2.24, 2.45) is 0 Å². The quantitative estimate of drug-likeness (QED) is 0.796. The van der Waals surface area contributed by atoms with Gasteiger partial charge in [-0.15, -0.1) is 0 Å². The van der Waals surface area contributed by atoms with Crippen LogP contribution in [0.5, 0.6) is 5.75 Å². The van der Waals surface area contributed by atoms with E-state index in [1.165, 1.54) is 37.4 Å². The molecule has 20 heavy (non-hydrogen) atoms. The highest BCUT2D eigenvalue weighted by Gasteiger charge is 2.20. The fourth-order valence-corrected chi connectivity index (χ4v) is 2.13. The van der Waals surface area contributed by atoms with Gasteiger partial charge in [0.1, 0.15) is 17.4 Å². The van der Waals surface area contributed by atoms with E-state index in [1.807, 2.05) is 0 Å². The highest BCUT2D eigenvalue weighted by atomic mass is 35.5. The predicted molar refractivity (Wildman–Crippen MR) is 72.4 cm³/mol. The van der Waals surface area contributed by atoms with E-state index in [0.717, 1.165) is 6.07 Å². The van der Waals surface area contributed by atoms with Gasteiger partial charge < -0.3 is 4.74 Å². The van der Waals surface area contributed by atoms with E-state index in [0.29, 0.717) is 0 Å². The number of carbonyl (C=O) groups is 1. The first kappa shape index (κ1) is 14.5. The highest BCUT2D eigenvalue weighted by Crippen LogP contribution is 2.26. The van der Waals surface area contributed by atoms with Crippen LogP contribution in [0.4, 0.5) is 8.78 Å². The number of ether oxygens (including phenoxy) is 1. The molecule has 0 aliphatic heterocycles. The van der Waals surface area contributed by atoms with Gasteiger partial charge in [-0.05, 0) is 24.3 Å². The third-order valence-electron chi connectivity index (χ3n) is 2.87. The molecular weight excluding hydrogens is 286 g/mol. The van der Waals surface area contributed by atoms with Gasteiger partial charge in [0.2, 0.25) is 0 Å². The van der Waals surface area contributed by atoms with Crippen LogP contribution in [0.15, 0.2) is 36.4 Å². The number of Topliss-reactive ketones (excluding diaryl/α,β-unsaturated/α-hetero) is 1. The monoisotopic (exact) mass is 296 g/mol. The third kappa shape index (κ3) is 2.80. The summed E-state index contributed by atoms with van der Waals surface area (Å²) in [5, 5.41) is 0.133. The van der Waals surface area contributed by atoms with Gasteiger partial charge in [-0.1, -0.05) is 23.7 Å². The van der Waals surface area contributed by atoms with E-state index < -0.39 is 17.4 Å². The van der Waals surface area contributed by atoms with E-state index in [4.69, 9.17) is 16.3 Å². The van der Waals surface area contributed by atoms with Crippen molar-refractivity contribution in [2.75, 3.05) is 7.11 Å². The van der Waals surface area contributed by atoms with E-state index >= 15 is 0 Å². The summed E-state index contributed by atoms with van der Waals surface area (Å²) in [6.45, 7) is 0. The molecule has 2 rings (SSSR count). The van der Waals surface area contributed by atoms with Crippen LogP contribution < -0.4 is 4.74 Å². The minimum atomic E-state index is -0.707. The largest absolute Gasteiger partial charge is 0.496 e. The van der Waals surface area contributed by atoms with Gasteiger partial charge in [0.15, 0.2) is 5.78 Å². The molecule has 104 valence electrons. The molecule has 5 heteroatoms. The maximum absolute atomic E-state index is 13.8. The zero-order valence-corrected chi connectivity index (χ0v) is 11.4. The lowest BCUT2D eigenvalue weighted by molar-refractivity contribution is 0.0985. The molecule has 0 unspecified atom stereocenters. The normalized spacial score (nSPS) is 10.4. The zero-order valence-electron chi connectivity index (χ0n) is 10.6. The Morgan fingerprint density at radius 2 is 1.80 bits per heavy atom. The molecule has 0 amide bonds. The average molecular weight is 297 g/mol. The Kier molecular flexibility index (Phi) is 4.35. The fourth-order valence-electron chi connectivity index (χ4n) is 1.90. The molecule has 0 atom stereocenters. The second-order valence-electron chi connectivity index (χ2n) is 4.12. The molecule has 0 radical (unpaired) electrons. The minimum absolute atomic E-state index is 0.0458. The van der Waals surface area contributed by atoms with E-state index in [1.54, 1.807) is 0 Å².